The summed E-state index contributed by atoms with van der Waals surface area (Å²) in [6, 6.07) is 6.11. The Hall–Kier alpha value is -1.35. The third-order valence-corrected chi connectivity index (χ3v) is 4.20. The van der Waals surface area contributed by atoms with Crippen LogP contribution in [0.3, 0.4) is 0 Å². The molecule has 3 N–H and O–H groups in total. The Morgan fingerprint density at radius 1 is 1.26 bits per heavy atom. The number of hydrogen-bond donors (Lipinski definition) is 2. The van der Waals surface area contributed by atoms with Crippen LogP contribution in [-0.2, 0) is 11.2 Å². The van der Waals surface area contributed by atoms with E-state index in [4.69, 9.17) is 5.73 Å². The molecule has 3 nitrogen and oxygen atoms in total. The maximum atomic E-state index is 12.6. The van der Waals surface area contributed by atoms with E-state index in [1.54, 1.807) is 0 Å². The second-order valence-electron chi connectivity index (χ2n) is 5.11. The quantitative estimate of drug-likeness (QED) is 0.826. The molecule has 19 heavy (non-hydrogen) atoms. The SMILES string of the molecule is CCc1cccc(C)c1NC(=O)C(CC)(CC)CN. The Balaban J connectivity index is 3.06. The highest BCUT2D eigenvalue weighted by atomic mass is 16.2. The largest absolute Gasteiger partial charge is 0.329 e. The minimum absolute atomic E-state index is 0.0454. The monoisotopic (exact) mass is 262 g/mol. The van der Waals surface area contributed by atoms with E-state index >= 15 is 0 Å². The highest BCUT2D eigenvalue weighted by Gasteiger charge is 2.33. The minimum atomic E-state index is -0.451. The van der Waals surface area contributed by atoms with E-state index in [1.165, 1.54) is 5.56 Å². The van der Waals surface area contributed by atoms with Crippen LogP contribution in [0.5, 0.6) is 0 Å². The van der Waals surface area contributed by atoms with Gasteiger partial charge < -0.3 is 11.1 Å². The molecule has 0 atom stereocenters. The summed E-state index contributed by atoms with van der Waals surface area (Å²) in [5, 5.41) is 3.10. The molecule has 0 aromatic heterocycles. The number of nitrogens with two attached hydrogens (primary N) is 1. The average molecular weight is 262 g/mol. The normalized spacial score (nSPS) is 11.4. The molecule has 1 aromatic carbocycles. The van der Waals surface area contributed by atoms with Gasteiger partial charge in [0, 0.05) is 12.2 Å². The summed E-state index contributed by atoms with van der Waals surface area (Å²) >= 11 is 0. The van der Waals surface area contributed by atoms with Crippen LogP contribution in [0.4, 0.5) is 5.69 Å². The lowest BCUT2D eigenvalue weighted by atomic mass is 9.81. The van der Waals surface area contributed by atoms with Crippen LogP contribution in [0.2, 0.25) is 0 Å². The molecule has 1 amide bonds. The van der Waals surface area contributed by atoms with Crippen LogP contribution in [0.15, 0.2) is 18.2 Å². The number of benzene rings is 1. The first-order valence-electron chi connectivity index (χ1n) is 7.14. The molecule has 1 rings (SSSR count). The van der Waals surface area contributed by atoms with Gasteiger partial charge in [-0.3, -0.25) is 4.79 Å². The highest BCUT2D eigenvalue weighted by Crippen LogP contribution is 2.29. The number of carbonyl (C=O) groups excluding carboxylic acids is 1. The van der Waals surface area contributed by atoms with E-state index in [0.717, 1.165) is 30.5 Å². The summed E-state index contributed by atoms with van der Waals surface area (Å²) in [6.07, 6.45) is 2.43. The van der Waals surface area contributed by atoms with Crippen molar-refractivity contribution < 1.29 is 4.79 Å². The molecule has 0 heterocycles. The van der Waals surface area contributed by atoms with E-state index in [0.29, 0.717) is 6.54 Å². The second-order valence-corrected chi connectivity index (χ2v) is 5.11. The average Bonchev–Trinajstić information content (AvgIpc) is 2.43. The lowest BCUT2D eigenvalue weighted by Crippen LogP contribution is -2.41. The third-order valence-electron chi connectivity index (χ3n) is 4.20. The lowest BCUT2D eigenvalue weighted by Gasteiger charge is -2.29. The molecule has 3 heteroatoms. The Bertz CT molecular complexity index is 428. The summed E-state index contributed by atoms with van der Waals surface area (Å²) in [5.74, 6) is 0.0454. The number of nitrogens with one attached hydrogen (secondary N) is 1. The standard InChI is InChI=1S/C16H26N2O/c1-5-13-10-8-9-12(4)14(13)18-15(19)16(6-2,7-3)11-17/h8-10H,5-7,11,17H2,1-4H3,(H,18,19). The highest BCUT2D eigenvalue weighted by molar-refractivity contribution is 5.96. The number of rotatable bonds is 6. The Kier molecular flexibility index (Phi) is 5.55. The smallest absolute Gasteiger partial charge is 0.231 e. The fraction of sp³-hybridized carbons (Fsp3) is 0.562. The van der Waals surface area contributed by atoms with Gasteiger partial charge in [0.1, 0.15) is 0 Å². The van der Waals surface area contributed by atoms with Crippen molar-refractivity contribution in [3.05, 3.63) is 29.3 Å². The molecule has 0 saturated carbocycles. The minimum Gasteiger partial charge on any atom is -0.329 e. The first-order chi connectivity index (χ1) is 9.04. The molecule has 0 saturated heterocycles. The number of amides is 1. The number of carbonyl (C=O) groups is 1. The molecule has 0 bridgehead atoms. The van der Waals surface area contributed by atoms with Crippen LogP contribution in [0.1, 0.15) is 44.7 Å². The summed E-state index contributed by atoms with van der Waals surface area (Å²) in [7, 11) is 0. The van der Waals surface area contributed by atoms with Crippen molar-refractivity contribution >= 4 is 11.6 Å². The van der Waals surface area contributed by atoms with Crippen LogP contribution in [0, 0.1) is 12.3 Å². The van der Waals surface area contributed by atoms with Gasteiger partial charge in [-0.2, -0.15) is 0 Å². The van der Waals surface area contributed by atoms with Gasteiger partial charge in [-0.25, -0.2) is 0 Å². The molecule has 0 unspecified atom stereocenters. The molecule has 0 radical (unpaired) electrons. The molecular weight excluding hydrogens is 236 g/mol. The molecule has 0 spiro atoms. The predicted molar refractivity (Wildman–Crippen MR) is 81.3 cm³/mol. The first kappa shape index (κ1) is 15.7. The topological polar surface area (TPSA) is 55.1 Å². The van der Waals surface area contributed by atoms with E-state index in [2.05, 4.69) is 18.3 Å². The molecule has 106 valence electrons. The number of para-hydroxylation sites is 1. The summed E-state index contributed by atoms with van der Waals surface area (Å²) in [6.45, 7) is 8.55. The van der Waals surface area contributed by atoms with Crippen LogP contribution in [-0.4, -0.2) is 12.5 Å². The van der Waals surface area contributed by atoms with Gasteiger partial charge in [0.25, 0.3) is 0 Å². The molecule has 0 aliphatic carbocycles. The number of aryl methyl sites for hydroxylation is 2. The fourth-order valence-corrected chi connectivity index (χ4v) is 2.40. The molecule has 1 aromatic rings. The van der Waals surface area contributed by atoms with Crippen LogP contribution in [0.25, 0.3) is 0 Å². The Labute approximate surface area is 116 Å². The van der Waals surface area contributed by atoms with Crippen LogP contribution < -0.4 is 11.1 Å². The number of hydrogen-bond acceptors (Lipinski definition) is 2. The van der Waals surface area contributed by atoms with Crippen molar-refractivity contribution in [2.24, 2.45) is 11.1 Å². The van der Waals surface area contributed by atoms with Crippen molar-refractivity contribution in [2.45, 2.75) is 47.0 Å². The zero-order valence-electron chi connectivity index (χ0n) is 12.5. The molecule has 0 fully saturated rings. The summed E-state index contributed by atoms with van der Waals surface area (Å²) in [4.78, 5) is 12.6. The van der Waals surface area contributed by atoms with E-state index in [-0.39, 0.29) is 5.91 Å². The second kappa shape index (κ2) is 6.71. The van der Waals surface area contributed by atoms with E-state index < -0.39 is 5.41 Å². The molecule has 0 aliphatic rings. The van der Waals surface area contributed by atoms with Crippen molar-refractivity contribution in [2.75, 3.05) is 11.9 Å². The van der Waals surface area contributed by atoms with Gasteiger partial charge in [-0.1, -0.05) is 39.0 Å². The van der Waals surface area contributed by atoms with Crippen molar-refractivity contribution in [3.63, 3.8) is 0 Å². The fourth-order valence-electron chi connectivity index (χ4n) is 2.40. The van der Waals surface area contributed by atoms with Gasteiger partial charge in [-0.05, 0) is 37.3 Å². The maximum absolute atomic E-state index is 12.6. The third kappa shape index (κ3) is 3.16. The van der Waals surface area contributed by atoms with Gasteiger partial charge in [-0.15, -0.1) is 0 Å². The zero-order chi connectivity index (χ0) is 14.5. The molecule has 0 aliphatic heterocycles. The lowest BCUT2D eigenvalue weighted by molar-refractivity contribution is -0.125. The Morgan fingerprint density at radius 2 is 1.89 bits per heavy atom. The number of anilines is 1. The van der Waals surface area contributed by atoms with E-state index in [9.17, 15) is 4.79 Å². The summed E-state index contributed by atoms with van der Waals surface area (Å²) in [5.41, 5.74) is 8.61. The van der Waals surface area contributed by atoms with Gasteiger partial charge in [0.2, 0.25) is 5.91 Å². The summed E-state index contributed by atoms with van der Waals surface area (Å²) < 4.78 is 0. The van der Waals surface area contributed by atoms with Gasteiger partial charge >= 0.3 is 0 Å². The van der Waals surface area contributed by atoms with Gasteiger partial charge in [0.15, 0.2) is 0 Å². The first-order valence-corrected chi connectivity index (χ1v) is 7.14. The Morgan fingerprint density at radius 3 is 2.37 bits per heavy atom. The van der Waals surface area contributed by atoms with Crippen molar-refractivity contribution in [1.29, 1.82) is 0 Å². The zero-order valence-corrected chi connectivity index (χ0v) is 12.5. The van der Waals surface area contributed by atoms with Crippen molar-refractivity contribution in [3.8, 4) is 0 Å². The van der Waals surface area contributed by atoms with Gasteiger partial charge in [0.05, 0.1) is 5.41 Å². The van der Waals surface area contributed by atoms with Crippen LogP contribution >= 0.6 is 0 Å². The van der Waals surface area contributed by atoms with E-state index in [1.807, 2.05) is 32.9 Å². The van der Waals surface area contributed by atoms with Crippen molar-refractivity contribution in [1.82, 2.24) is 0 Å². The predicted octanol–water partition coefficient (Wildman–Crippen LogP) is 3.26. The molecular formula is C16H26N2O. The maximum Gasteiger partial charge on any atom is 0.231 e.